The number of hydrogen-bond acceptors (Lipinski definition) is 15. The third-order valence-electron chi connectivity index (χ3n) is 13.5. The second-order valence-electron chi connectivity index (χ2n) is 17.4. The molecule has 5 aliphatic rings. The summed E-state index contributed by atoms with van der Waals surface area (Å²) in [7, 11) is 6.01. The first kappa shape index (κ1) is 57.2. The largest absolute Gasteiger partial charge is 0.481 e. The molecule has 0 aliphatic carbocycles. The second kappa shape index (κ2) is 24.7. The van der Waals surface area contributed by atoms with Gasteiger partial charge in [0, 0.05) is 52.1 Å². The normalized spacial score (nSPS) is 27.9. The van der Waals surface area contributed by atoms with Gasteiger partial charge in [-0.25, -0.2) is 19.2 Å². The third-order valence-corrected chi connectivity index (χ3v) is 14.5. The molecule has 0 radical (unpaired) electrons. The fourth-order valence-corrected chi connectivity index (χ4v) is 11.7. The molecule has 372 valence electrons. The number of rotatable bonds is 22. The first-order valence-corrected chi connectivity index (χ1v) is 22.6. The molecular formula is C40H62N8O18S+4. The minimum absolute atomic E-state index is 0.0369. The number of carboxylic acids is 4. The Morgan fingerprint density at radius 1 is 0.687 bits per heavy atom. The fraction of sp³-hybridized carbons (Fsp3) is 0.700. The molecule has 0 aromatic rings. The van der Waals surface area contributed by atoms with Crippen LogP contribution in [0.2, 0.25) is 0 Å². The molecule has 8 atom stereocenters. The molecule has 1 spiro atoms. The molecule has 5 aliphatic heterocycles. The molecule has 27 heteroatoms. The average Bonchev–Trinajstić information content (AvgIpc) is 3.95. The number of quaternary nitrogens is 4. The van der Waals surface area contributed by atoms with Gasteiger partial charge in [0.25, 0.3) is 0 Å². The number of nitrogens with zero attached hydrogens (tertiary/aromatic N) is 5. The Morgan fingerprint density at radius 2 is 1.15 bits per heavy atom. The topological polar surface area (TPSA) is 359 Å². The number of likely N-dealkylation sites (tertiary alicyclic amines) is 1. The van der Waals surface area contributed by atoms with Crippen LogP contribution in [0.3, 0.4) is 0 Å². The third kappa shape index (κ3) is 12.9. The summed E-state index contributed by atoms with van der Waals surface area (Å²) in [6, 6.07) is -4.08. The van der Waals surface area contributed by atoms with E-state index in [1.807, 2.05) is 16.9 Å². The highest BCUT2D eigenvalue weighted by Gasteiger charge is 2.97. The van der Waals surface area contributed by atoms with Crippen LogP contribution in [0.5, 0.6) is 0 Å². The van der Waals surface area contributed by atoms with Crippen molar-refractivity contribution in [3.05, 3.63) is 0 Å². The molecule has 5 fully saturated rings. The lowest BCUT2D eigenvalue weighted by Gasteiger charge is -2.48. The van der Waals surface area contributed by atoms with E-state index in [9.17, 15) is 53.1 Å². The molecule has 67 heavy (non-hydrogen) atoms. The molecule has 0 bridgehead atoms. The summed E-state index contributed by atoms with van der Waals surface area (Å²) in [6.45, 7) is 8.30. The predicted molar refractivity (Wildman–Crippen MR) is 224 cm³/mol. The molecule has 0 saturated carbocycles. The van der Waals surface area contributed by atoms with E-state index in [1.165, 1.54) is 23.7 Å². The molecule has 4 unspecified atom stereocenters. The summed E-state index contributed by atoms with van der Waals surface area (Å²) >= 11 is 1.41. The van der Waals surface area contributed by atoms with Gasteiger partial charge in [-0.1, -0.05) is 0 Å². The Balaban J connectivity index is 0.000000423. The second-order valence-corrected chi connectivity index (χ2v) is 18.4. The van der Waals surface area contributed by atoms with E-state index >= 15 is 0 Å². The number of Topliss-reactive ketones (excluding diaryl/α,β-unsaturated/α-hetero) is 2. The van der Waals surface area contributed by atoms with Crippen molar-refractivity contribution in [3.8, 4) is 0 Å². The van der Waals surface area contributed by atoms with E-state index in [1.54, 1.807) is 0 Å². The van der Waals surface area contributed by atoms with Crippen LogP contribution in [0.4, 0.5) is 4.79 Å². The molecule has 5 amide bonds. The zero-order valence-corrected chi connectivity index (χ0v) is 38.8. The fourth-order valence-electron chi connectivity index (χ4n) is 11.0. The summed E-state index contributed by atoms with van der Waals surface area (Å²) < 4.78 is 3.01. The number of urea groups is 1. The van der Waals surface area contributed by atoms with Crippen molar-refractivity contribution < 1.29 is 105 Å². The number of ketones is 2. The van der Waals surface area contributed by atoms with Gasteiger partial charge in [0.1, 0.15) is 70.2 Å². The number of carbonyl (C=O) groups excluding carboxylic acids is 10. The van der Waals surface area contributed by atoms with Crippen molar-refractivity contribution in [2.24, 2.45) is 0 Å². The van der Waals surface area contributed by atoms with Crippen molar-refractivity contribution in [2.45, 2.75) is 81.0 Å². The van der Waals surface area contributed by atoms with E-state index in [0.29, 0.717) is 34.9 Å². The lowest BCUT2D eigenvalue weighted by molar-refractivity contribution is -1.36. The average molecular weight is 975 g/mol. The smallest absolute Gasteiger partial charge is 0.481 e. The highest BCUT2D eigenvalue weighted by Crippen LogP contribution is 2.61. The minimum Gasteiger partial charge on any atom is -0.481 e. The molecule has 0 aromatic carbocycles. The number of aliphatic carboxylic acids is 4. The van der Waals surface area contributed by atoms with E-state index in [-0.39, 0.29) is 97.8 Å². The Morgan fingerprint density at radius 3 is 1.58 bits per heavy atom. The Bertz CT molecular complexity index is 1970. The van der Waals surface area contributed by atoms with Crippen LogP contribution >= 0.6 is 11.8 Å². The van der Waals surface area contributed by atoms with Crippen LogP contribution in [-0.2, 0) is 62.3 Å². The Hall–Kier alpha value is -5.95. The van der Waals surface area contributed by atoms with Gasteiger partial charge < -0.3 is 36.4 Å². The van der Waals surface area contributed by atoms with Crippen molar-refractivity contribution in [2.75, 3.05) is 99.4 Å². The first-order chi connectivity index (χ1) is 31.4. The number of imide groups is 1. The van der Waals surface area contributed by atoms with Crippen molar-refractivity contribution in [3.63, 3.8) is 0 Å². The van der Waals surface area contributed by atoms with E-state index in [0.717, 1.165) is 61.3 Å². The number of amides is 5. The van der Waals surface area contributed by atoms with E-state index in [4.69, 9.17) is 34.5 Å². The number of likely N-dealkylation sites (N-methyl/N-ethyl adjacent to an activating group) is 2. The van der Waals surface area contributed by atoms with Crippen LogP contribution < -0.4 is 16.0 Å². The highest BCUT2D eigenvalue weighted by molar-refractivity contribution is 8.00. The lowest BCUT2D eigenvalue weighted by atomic mass is 10.1. The number of thioether (sulfide) groups is 1. The molecule has 26 nitrogen and oxygen atoms in total. The van der Waals surface area contributed by atoms with Crippen LogP contribution in [0.15, 0.2) is 0 Å². The summed E-state index contributed by atoms with van der Waals surface area (Å²) in [5.41, 5.74) is 0. The number of carboxylic acid groups (broad SMARTS) is 4. The van der Waals surface area contributed by atoms with Gasteiger partial charge in [-0.05, 0) is 25.5 Å². The Labute approximate surface area is 389 Å². The molecule has 0 aromatic heterocycles. The quantitative estimate of drug-likeness (QED) is 0.0416. The number of hydrogen-bond donors (Lipinski definition) is 7. The lowest BCUT2D eigenvalue weighted by Crippen LogP contribution is -2.83. The van der Waals surface area contributed by atoms with Gasteiger partial charge in [0.15, 0.2) is 18.9 Å². The summed E-state index contributed by atoms with van der Waals surface area (Å²) in [5, 5.41) is 42.6. The molecular weight excluding hydrogens is 913 g/mol. The van der Waals surface area contributed by atoms with Gasteiger partial charge in [-0.2, -0.15) is 44.4 Å². The van der Waals surface area contributed by atoms with Crippen molar-refractivity contribution in [1.29, 1.82) is 0 Å². The van der Waals surface area contributed by atoms with Gasteiger partial charge in [0.05, 0.1) is 19.3 Å². The Kier molecular flexibility index (Phi) is 21.1. The SMILES string of the molecule is CNC(=O)CCC(=O)CCC(NC(=O)NC(CCC(=O)O)C(=O)O)C(=O)O.CSC1CC(=O)N(CCCC(=O)C[N@+]23CC[N@+]4(C)CC[N@+]5(C)CC[N@+](CC(=O)O)(CC2)C453)C1=O.O=C=O.O=C=O. The number of carbonyl (C=O) groups is 10. The summed E-state index contributed by atoms with van der Waals surface area (Å²) in [4.78, 5) is 151. The summed E-state index contributed by atoms with van der Waals surface area (Å²) in [5.74, 6) is -6.00. The van der Waals surface area contributed by atoms with Gasteiger partial charge >= 0.3 is 48.1 Å². The minimum atomic E-state index is -1.51. The van der Waals surface area contributed by atoms with Crippen LogP contribution in [0.25, 0.3) is 0 Å². The van der Waals surface area contributed by atoms with Gasteiger partial charge in [-0.15, -0.1) is 4.48 Å². The van der Waals surface area contributed by atoms with Crippen LogP contribution in [0, 0.1) is 0 Å². The monoisotopic (exact) mass is 974 g/mol. The molecule has 5 rings (SSSR count). The highest BCUT2D eigenvalue weighted by atomic mass is 32.2. The van der Waals surface area contributed by atoms with E-state index in [2.05, 4.69) is 19.4 Å². The molecule has 7 N–H and O–H groups in total. The summed E-state index contributed by atoms with van der Waals surface area (Å²) in [6.07, 6.45) is 2.01. The first-order valence-electron chi connectivity index (χ1n) is 21.4. The van der Waals surface area contributed by atoms with Crippen LogP contribution in [0.1, 0.15) is 57.8 Å². The van der Waals surface area contributed by atoms with Crippen LogP contribution in [-0.4, -0.2) is 237 Å². The van der Waals surface area contributed by atoms with Gasteiger partial charge in [0.2, 0.25) is 17.7 Å². The van der Waals surface area contributed by atoms with Crippen molar-refractivity contribution in [1.82, 2.24) is 20.9 Å². The molecule has 5 saturated heterocycles. The van der Waals surface area contributed by atoms with Gasteiger partial charge in [-0.3, -0.25) is 33.7 Å². The zero-order valence-electron chi connectivity index (χ0n) is 38.0. The zero-order chi connectivity index (χ0) is 51.0. The maximum atomic E-state index is 13.4. The maximum absolute atomic E-state index is 13.4. The maximum Gasteiger partial charge on any atom is 0.481 e. The standard InChI is InChI=1S/C23H38N5O5S.C15H23N3O9.2CO2/c1-25-7-8-26(2)10-12-28(17-21(31)32)14-13-27(11-9-25,23(25,26)28)16-18(29)5-4-6-24-20(30)15-19(34-3)22(24)33;1-16-11(20)6-3-8(19)2-4-9(13(23)24)17-15(27)18-10(14(25)26)5-7-12(21)22;2*2-1-3/h19H,4-17H2,1-3H3;9-10H,2-7H2,1H3,(H,16,20)(H,21,22)(H,23,24)(H,25,26)(H2,17,18,27);;/q+3;;;/p+1/t19?,23?,25-,26+,27-,28+;;;/m0.../s1. The number of nitrogens with one attached hydrogen (secondary N) is 3. The predicted octanol–water partition coefficient (Wildman–Crippen LogP) is -3.13. The van der Waals surface area contributed by atoms with Crippen molar-refractivity contribution >= 4 is 83.3 Å². The van der Waals surface area contributed by atoms with E-state index < -0.39 is 48.4 Å². The molecule has 5 heterocycles.